The lowest BCUT2D eigenvalue weighted by atomic mass is 10.0. The fraction of sp³-hybridized carbons (Fsp3) is 0.917. The van der Waals surface area contributed by atoms with Crippen LogP contribution in [-0.4, -0.2) is 25.0 Å². The predicted octanol–water partition coefficient (Wildman–Crippen LogP) is 1.43. The molecule has 0 aromatic carbocycles. The van der Waals surface area contributed by atoms with Crippen LogP contribution >= 0.6 is 0 Å². The van der Waals surface area contributed by atoms with Crippen molar-refractivity contribution >= 4 is 5.91 Å². The Morgan fingerprint density at radius 2 is 2.00 bits per heavy atom. The SMILES string of the molecule is O=C(CC1CCCC1)NC1CCCNC1. The average Bonchev–Trinajstić information content (AvgIpc) is 2.71. The maximum Gasteiger partial charge on any atom is 0.220 e. The van der Waals surface area contributed by atoms with Crippen molar-refractivity contribution in [3.8, 4) is 0 Å². The van der Waals surface area contributed by atoms with Crippen molar-refractivity contribution in [2.75, 3.05) is 13.1 Å². The number of piperidine rings is 1. The molecule has 2 rings (SSSR count). The Balaban J connectivity index is 1.66. The minimum Gasteiger partial charge on any atom is -0.352 e. The molecule has 0 aromatic rings. The van der Waals surface area contributed by atoms with Crippen LogP contribution in [0.1, 0.15) is 44.9 Å². The molecule has 0 spiro atoms. The van der Waals surface area contributed by atoms with E-state index in [1.807, 2.05) is 0 Å². The summed E-state index contributed by atoms with van der Waals surface area (Å²) in [5, 5.41) is 6.46. The number of hydrogen-bond acceptors (Lipinski definition) is 2. The summed E-state index contributed by atoms with van der Waals surface area (Å²) in [5.74, 6) is 0.942. The lowest BCUT2D eigenvalue weighted by Gasteiger charge is -2.24. The smallest absolute Gasteiger partial charge is 0.220 e. The summed E-state index contributed by atoms with van der Waals surface area (Å²) in [5.41, 5.74) is 0. The van der Waals surface area contributed by atoms with Gasteiger partial charge in [-0.25, -0.2) is 0 Å². The van der Waals surface area contributed by atoms with Crippen molar-refractivity contribution in [1.82, 2.24) is 10.6 Å². The third kappa shape index (κ3) is 3.49. The summed E-state index contributed by atoms with van der Waals surface area (Å²) in [4.78, 5) is 11.7. The molecule has 86 valence electrons. The lowest BCUT2D eigenvalue weighted by Crippen LogP contribution is -2.45. The minimum absolute atomic E-state index is 0.274. The van der Waals surface area contributed by atoms with Crippen LogP contribution in [0.4, 0.5) is 0 Å². The normalized spacial score (nSPS) is 27.9. The quantitative estimate of drug-likeness (QED) is 0.740. The maximum absolute atomic E-state index is 11.7. The second kappa shape index (κ2) is 5.50. The summed E-state index contributed by atoms with van der Waals surface area (Å²) >= 11 is 0. The van der Waals surface area contributed by atoms with Gasteiger partial charge in [-0.3, -0.25) is 4.79 Å². The first-order valence-electron chi connectivity index (χ1n) is 6.34. The van der Waals surface area contributed by atoms with Crippen molar-refractivity contribution in [2.24, 2.45) is 5.92 Å². The number of hydrogen-bond donors (Lipinski definition) is 2. The van der Waals surface area contributed by atoms with Gasteiger partial charge in [0.05, 0.1) is 0 Å². The van der Waals surface area contributed by atoms with Gasteiger partial charge in [-0.2, -0.15) is 0 Å². The van der Waals surface area contributed by atoms with Crippen LogP contribution in [0, 0.1) is 5.92 Å². The molecular weight excluding hydrogens is 188 g/mol. The van der Waals surface area contributed by atoms with Crippen molar-refractivity contribution in [3.63, 3.8) is 0 Å². The first kappa shape index (κ1) is 10.9. The Hall–Kier alpha value is -0.570. The number of carbonyl (C=O) groups is 1. The van der Waals surface area contributed by atoms with Gasteiger partial charge >= 0.3 is 0 Å². The summed E-state index contributed by atoms with van der Waals surface area (Å²) in [7, 11) is 0. The number of nitrogens with one attached hydrogen (secondary N) is 2. The van der Waals surface area contributed by atoms with Crippen molar-refractivity contribution in [3.05, 3.63) is 0 Å². The largest absolute Gasteiger partial charge is 0.352 e. The second-order valence-corrected chi connectivity index (χ2v) is 4.97. The van der Waals surface area contributed by atoms with Crippen molar-refractivity contribution in [2.45, 2.75) is 51.0 Å². The first-order valence-corrected chi connectivity index (χ1v) is 6.34. The van der Waals surface area contributed by atoms with E-state index in [1.165, 1.54) is 32.1 Å². The minimum atomic E-state index is 0.274. The molecule has 2 aliphatic rings. The van der Waals surface area contributed by atoms with Gasteiger partial charge in [0.25, 0.3) is 0 Å². The van der Waals surface area contributed by atoms with E-state index in [-0.39, 0.29) is 5.91 Å². The third-order valence-electron chi connectivity index (χ3n) is 3.61. The molecule has 0 aromatic heterocycles. The van der Waals surface area contributed by atoms with E-state index in [4.69, 9.17) is 0 Å². The summed E-state index contributed by atoms with van der Waals surface area (Å²) in [6.07, 6.45) is 8.26. The van der Waals surface area contributed by atoms with Crippen LogP contribution in [0.25, 0.3) is 0 Å². The highest BCUT2D eigenvalue weighted by Gasteiger charge is 2.20. The number of carbonyl (C=O) groups excluding carboxylic acids is 1. The summed E-state index contributed by atoms with van der Waals surface area (Å²) in [6.45, 7) is 2.06. The van der Waals surface area contributed by atoms with Gasteiger partial charge in [-0.1, -0.05) is 12.8 Å². The molecule has 1 unspecified atom stereocenters. The van der Waals surface area contributed by atoms with E-state index in [1.54, 1.807) is 0 Å². The van der Waals surface area contributed by atoms with E-state index in [0.717, 1.165) is 25.9 Å². The molecule has 15 heavy (non-hydrogen) atoms. The second-order valence-electron chi connectivity index (χ2n) is 4.97. The fourth-order valence-corrected chi connectivity index (χ4v) is 2.74. The Kier molecular flexibility index (Phi) is 4.01. The molecule has 1 amide bonds. The van der Waals surface area contributed by atoms with Gasteiger partial charge < -0.3 is 10.6 Å². The molecule has 3 nitrogen and oxygen atoms in total. The Morgan fingerprint density at radius 1 is 1.20 bits per heavy atom. The highest BCUT2D eigenvalue weighted by Crippen LogP contribution is 2.27. The van der Waals surface area contributed by atoms with Gasteiger partial charge in [0.15, 0.2) is 0 Å². The van der Waals surface area contributed by atoms with Gasteiger partial charge in [-0.15, -0.1) is 0 Å². The zero-order valence-corrected chi connectivity index (χ0v) is 9.43. The van der Waals surface area contributed by atoms with Crippen LogP contribution in [0.2, 0.25) is 0 Å². The van der Waals surface area contributed by atoms with Crippen LogP contribution in [0.5, 0.6) is 0 Å². The zero-order valence-electron chi connectivity index (χ0n) is 9.43. The van der Waals surface area contributed by atoms with E-state index in [0.29, 0.717) is 12.0 Å². The van der Waals surface area contributed by atoms with Crippen LogP contribution in [-0.2, 0) is 4.79 Å². The standard InChI is InChI=1S/C12H22N2O/c15-12(8-10-4-1-2-5-10)14-11-6-3-7-13-9-11/h10-11,13H,1-9H2,(H,14,15). The average molecular weight is 210 g/mol. The Labute approximate surface area is 92.0 Å². The Morgan fingerprint density at radius 3 is 2.67 bits per heavy atom. The van der Waals surface area contributed by atoms with Gasteiger partial charge in [-0.05, 0) is 38.1 Å². The predicted molar refractivity (Wildman–Crippen MR) is 60.6 cm³/mol. The van der Waals surface area contributed by atoms with Crippen LogP contribution in [0.3, 0.4) is 0 Å². The molecule has 2 fully saturated rings. The molecule has 1 saturated heterocycles. The molecule has 1 saturated carbocycles. The highest BCUT2D eigenvalue weighted by atomic mass is 16.1. The van der Waals surface area contributed by atoms with E-state index >= 15 is 0 Å². The van der Waals surface area contributed by atoms with Gasteiger partial charge in [0.1, 0.15) is 0 Å². The fourth-order valence-electron chi connectivity index (χ4n) is 2.74. The van der Waals surface area contributed by atoms with E-state index < -0.39 is 0 Å². The highest BCUT2D eigenvalue weighted by molar-refractivity contribution is 5.76. The molecule has 3 heteroatoms. The number of rotatable bonds is 3. The van der Waals surface area contributed by atoms with Crippen LogP contribution in [0.15, 0.2) is 0 Å². The molecule has 1 heterocycles. The zero-order chi connectivity index (χ0) is 10.5. The summed E-state index contributed by atoms with van der Waals surface area (Å²) in [6, 6.07) is 0.382. The van der Waals surface area contributed by atoms with Crippen LogP contribution < -0.4 is 10.6 Å². The molecule has 0 bridgehead atoms. The van der Waals surface area contributed by atoms with Gasteiger partial charge in [0, 0.05) is 19.0 Å². The molecule has 2 N–H and O–H groups in total. The number of amides is 1. The van der Waals surface area contributed by atoms with E-state index in [9.17, 15) is 4.79 Å². The third-order valence-corrected chi connectivity index (χ3v) is 3.61. The molecule has 0 radical (unpaired) electrons. The molecular formula is C12H22N2O. The molecule has 1 aliphatic carbocycles. The molecule has 1 atom stereocenters. The topological polar surface area (TPSA) is 41.1 Å². The molecule has 1 aliphatic heterocycles. The summed E-state index contributed by atoms with van der Waals surface area (Å²) < 4.78 is 0. The maximum atomic E-state index is 11.7. The monoisotopic (exact) mass is 210 g/mol. The van der Waals surface area contributed by atoms with Crippen molar-refractivity contribution < 1.29 is 4.79 Å². The first-order chi connectivity index (χ1) is 7.34. The van der Waals surface area contributed by atoms with E-state index in [2.05, 4.69) is 10.6 Å². The van der Waals surface area contributed by atoms with Gasteiger partial charge in [0.2, 0.25) is 5.91 Å². The lowest BCUT2D eigenvalue weighted by molar-refractivity contribution is -0.122. The van der Waals surface area contributed by atoms with Crippen molar-refractivity contribution in [1.29, 1.82) is 0 Å². The Bertz CT molecular complexity index is 206.